The molecule has 86 heavy (non-hydrogen) atoms. The van der Waals surface area contributed by atoms with Gasteiger partial charge in [0.1, 0.15) is 23.4 Å². The van der Waals surface area contributed by atoms with Gasteiger partial charge in [0.05, 0.1) is 46.2 Å². The van der Waals surface area contributed by atoms with E-state index in [1.807, 2.05) is 67.5 Å². The van der Waals surface area contributed by atoms with Crippen molar-refractivity contribution in [1.82, 2.24) is 49.8 Å². The number of aromatic nitrogens is 4. The number of amides is 6. The van der Waals surface area contributed by atoms with Gasteiger partial charge in [-0.05, 0) is 153 Å². The molecule has 4 saturated heterocycles. The van der Waals surface area contributed by atoms with E-state index in [0.717, 1.165) is 59.2 Å². The molecule has 21 heteroatoms. The third-order valence-corrected chi connectivity index (χ3v) is 18.9. The van der Waals surface area contributed by atoms with Crippen LogP contribution in [0, 0.1) is 18.7 Å². The first-order valence-corrected chi connectivity index (χ1v) is 30.6. The molecule has 5 aromatic rings. The molecule has 3 aromatic heterocycles. The number of aryl methyl sites for hydroxylation is 1. The molecule has 2 aromatic carbocycles. The summed E-state index contributed by atoms with van der Waals surface area (Å²) in [5.41, 5.74) is 6.33. The minimum atomic E-state index is -1.01. The second-order valence-electron chi connectivity index (χ2n) is 24.9. The van der Waals surface area contributed by atoms with Crippen LogP contribution < -0.4 is 25.8 Å². The van der Waals surface area contributed by atoms with E-state index in [9.17, 15) is 28.8 Å². The third-order valence-electron chi connectivity index (χ3n) is 18.9. The zero-order chi connectivity index (χ0) is 60.3. The molecule has 6 amide bonds. The summed E-state index contributed by atoms with van der Waals surface area (Å²) >= 11 is 0. The van der Waals surface area contributed by atoms with Gasteiger partial charge in [0.25, 0.3) is 17.7 Å². The monoisotopic (exact) mass is 1170 g/mol. The molecule has 2 aliphatic carbocycles. The largest absolute Gasteiger partial charge is 0.368 e. The van der Waals surface area contributed by atoms with Crippen molar-refractivity contribution in [2.75, 3.05) is 74.5 Å². The van der Waals surface area contributed by atoms with Crippen LogP contribution in [0.1, 0.15) is 130 Å². The van der Waals surface area contributed by atoms with Crippen LogP contribution in [0.3, 0.4) is 0 Å². The van der Waals surface area contributed by atoms with Crippen LogP contribution in [0.4, 0.5) is 27.4 Å². The Morgan fingerprint density at radius 1 is 0.860 bits per heavy atom. The number of nitrogens with zero attached hydrogens (tertiary/aromatic N) is 10. The summed E-state index contributed by atoms with van der Waals surface area (Å²) in [6.07, 6.45) is 14.4. The van der Waals surface area contributed by atoms with Crippen LogP contribution in [0.5, 0.6) is 0 Å². The number of likely N-dealkylation sites (tertiary alicyclic amines) is 3. The second-order valence-corrected chi connectivity index (χ2v) is 24.9. The lowest BCUT2D eigenvalue weighted by Gasteiger charge is -2.48. The van der Waals surface area contributed by atoms with Gasteiger partial charge in [-0.2, -0.15) is 0 Å². The Balaban J connectivity index is 0.748. The predicted molar refractivity (Wildman–Crippen MR) is 324 cm³/mol. The molecule has 7 aliphatic rings. The van der Waals surface area contributed by atoms with Crippen LogP contribution >= 0.6 is 0 Å². The van der Waals surface area contributed by atoms with Gasteiger partial charge in [0, 0.05) is 111 Å². The molecule has 0 bridgehead atoms. The molecule has 8 heterocycles. The number of pyridine rings is 2. The highest BCUT2D eigenvalue weighted by Gasteiger charge is 2.56. The van der Waals surface area contributed by atoms with Gasteiger partial charge in [-0.15, -0.1) is 0 Å². The number of carbonyl (C=O) groups excluding carboxylic acids is 7. The summed E-state index contributed by atoms with van der Waals surface area (Å²) in [6.45, 7) is 15.0. The topological polar surface area (TPSA) is 219 Å². The highest BCUT2D eigenvalue weighted by molar-refractivity contribution is 6.16. The van der Waals surface area contributed by atoms with E-state index in [2.05, 4.69) is 47.7 Å². The van der Waals surface area contributed by atoms with E-state index in [0.29, 0.717) is 116 Å². The lowest BCUT2D eigenvalue weighted by molar-refractivity contribution is -0.144. The Labute approximate surface area is 500 Å². The maximum absolute atomic E-state index is 16.0. The molecule has 2 unspecified atom stereocenters. The maximum atomic E-state index is 16.0. The number of rotatable bonds is 16. The summed E-state index contributed by atoms with van der Waals surface area (Å²) in [7, 11) is 1.50. The molecular formula is C65H76FN13O7. The van der Waals surface area contributed by atoms with Gasteiger partial charge in [-0.1, -0.05) is 24.6 Å². The van der Waals surface area contributed by atoms with Gasteiger partial charge in [-0.3, -0.25) is 33.7 Å². The zero-order valence-electron chi connectivity index (χ0n) is 49.9. The second kappa shape index (κ2) is 23.5. The number of allylic oxidation sites excluding steroid dienone is 2. The van der Waals surface area contributed by atoms with Gasteiger partial charge < -0.3 is 49.8 Å². The number of nitrogens with one attached hydrogen (secondary N) is 3. The number of imidazole rings is 1. The number of carbonyl (C=O) groups is 7. The van der Waals surface area contributed by atoms with Crippen LogP contribution in [-0.4, -0.2) is 164 Å². The Kier molecular flexibility index (Phi) is 15.9. The number of aldehydes is 1. The van der Waals surface area contributed by atoms with Crippen LogP contribution in [-0.2, 0) is 29.4 Å². The Bertz CT molecular complexity index is 3600. The maximum Gasteiger partial charge on any atom is 0.257 e. The minimum Gasteiger partial charge on any atom is -0.368 e. The fourth-order valence-electron chi connectivity index (χ4n) is 14.0. The first-order chi connectivity index (χ1) is 41.4. The summed E-state index contributed by atoms with van der Waals surface area (Å²) < 4.78 is 17.9. The Morgan fingerprint density at radius 2 is 1.60 bits per heavy atom. The van der Waals surface area contributed by atoms with Gasteiger partial charge in [0.15, 0.2) is 5.82 Å². The number of benzene rings is 2. The molecule has 12 rings (SSSR count). The molecule has 3 N–H and O–H groups in total. The lowest BCUT2D eigenvalue weighted by atomic mass is 9.73. The van der Waals surface area contributed by atoms with Crippen molar-refractivity contribution in [1.29, 1.82) is 0 Å². The molecule has 450 valence electrons. The number of imide groups is 1. The lowest BCUT2D eigenvalue weighted by Crippen LogP contribution is -2.58. The molecule has 5 fully saturated rings. The van der Waals surface area contributed by atoms with E-state index in [1.165, 1.54) is 38.4 Å². The molecule has 2 atom stereocenters. The standard InChI is InChI=1S/C65H76FN13O7/c1-38(2)70-60(82)48-33-53(51(66)28-40(48)5)72-59-58-54(69-37-77(58)39(3)4)34-52(71-59)41-10-15-50-55(29-41)78(46-30-45(31-46)73-20-8-7-9-21-73)64(86)65(50)18-22-76(23-19-65)61(83)42-11-16-56(68-35-42)75-26-24-74(25-27-75)43-12-14-47-49(32-43)63(85)79(62(47)84)44(36-80)13-17-57(81)67-6/h10-12,15-16,28-29,32-39,44-47H,7-9,13-14,17-27,30-31H2,1-6H3,(H,67,81)(H,70,82)(H,71,72). The summed E-state index contributed by atoms with van der Waals surface area (Å²) in [4.78, 5) is 120. The highest BCUT2D eigenvalue weighted by atomic mass is 19.1. The number of halogens is 1. The number of piperazine rings is 1. The molecular weight excluding hydrogens is 1090 g/mol. The number of fused-ring (bicyclic) bond motifs is 4. The van der Waals surface area contributed by atoms with Crippen LogP contribution in [0.15, 0.2) is 84.5 Å². The van der Waals surface area contributed by atoms with E-state index in [4.69, 9.17) is 15.0 Å². The van der Waals surface area contributed by atoms with E-state index >= 15 is 9.18 Å². The predicted octanol–water partition coefficient (Wildman–Crippen LogP) is 7.36. The van der Waals surface area contributed by atoms with Crippen molar-refractivity contribution in [3.8, 4) is 11.3 Å². The van der Waals surface area contributed by atoms with Gasteiger partial charge >= 0.3 is 0 Å². The first kappa shape index (κ1) is 58.1. The summed E-state index contributed by atoms with van der Waals surface area (Å²) in [5.74, 6) is -1.60. The summed E-state index contributed by atoms with van der Waals surface area (Å²) in [6, 6.07) is 14.0. The molecule has 1 spiro atoms. The van der Waals surface area contributed by atoms with Crippen molar-refractivity contribution >= 4 is 75.8 Å². The SMILES string of the molecule is CNC(=O)CCC(C=O)N1C(=O)C2=CC(N3CCN(c4ccc(C(=O)N5CCC6(CC5)C(=O)N(C5CC(N7CCCCC7)C5)c5cc(-c7cc8ncn(C(C)C)c8c(Nc8cc(C(=O)NC(C)C)c(C)cc8F)n7)ccc56)cn4)CC3)=CCC2C1=O. The third kappa shape index (κ3) is 10.6. The van der Waals surface area contributed by atoms with Gasteiger partial charge in [0.2, 0.25) is 17.7 Å². The first-order valence-electron chi connectivity index (χ1n) is 30.6. The number of hydrogen-bond donors (Lipinski definition) is 3. The van der Waals surface area contributed by atoms with Crippen molar-refractivity contribution in [2.24, 2.45) is 5.92 Å². The normalized spacial score (nSPS) is 21.6. The summed E-state index contributed by atoms with van der Waals surface area (Å²) in [5, 5.41) is 8.71. The average Bonchev–Trinajstić information content (AvgIpc) is 2.36. The van der Waals surface area contributed by atoms with Crippen LogP contribution in [0.25, 0.3) is 22.3 Å². The quantitative estimate of drug-likeness (QED) is 0.0650. The van der Waals surface area contributed by atoms with Crippen LogP contribution in [0.2, 0.25) is 0 Å². The number of anilines is 4. The van der Waals surface area contributed by atoms with Crippen molar-refractivity contribution in [3.05, 3.63) is 113 Å². The highest BCUT2D eigenvalue weighted by Crippen LogP contribution is 2.52. The zero-order valence-corrected chi connectivity index (χ0v) is 49.9. The molecule has 0 radical (unpaired) electrons. The Hall–Kier alpha value is -8.33. The fourth-order valence-corrected chi connectivity index (χ4v) is 14.0. The van der Waals surface area contributed by atoms with Crippen molar-refractivity contribution in [3.63, 3.8) is 0 Å². The smallest absolute Gasteiger partial charge is 0.257 e. The Morgan fingerprint density at radius 3 is 2.29 bits per heavy atom. The van der Waals surface area contributed by atoms with E-state index in [1.54, 1.807) is 25.5 Å². The average molecular weight is 1170 g/mol. The van der Waals surface area contributed by atoms with E-state index in [-0.39, 0.29) is 60.3 Å². The minimum absolute atomic E-state index is 0.00166. The van der Waals surface area contributed by atoms with E-state index < -0.39 is 35.0 Å². The fraction of sp³-hybridized carbons (Fsp3) is 0.477. The number of hydrogen-bond acceptors (Lipinski definition) is 14. The molecule has 1 saturated carbocycles. The van der Waals surface area contributed by atoms with Crippen molar-refractivity contribution < 1.29 is 38.0 Å². The molecule has 5 aliphatic heterocycles. The van der Waals surface area contributed by atoms with Crippen molar-refractivity contribution in [2.45, 2.75) is 134 Å². The van der Waals surface area contributed by atoms with Gasteiger partial charge in [-0.25, -0.2) is 19.3 Å². The molecule has 20 nitrogen and oxygen atoms in total. The number of piperidine rings is 2.